The lowest BCUT2D eigenvalue weighted by Crippen LogP contribution is -2.36. The zero-order valence-corrected chi connectivity index (χ0v) is 12.2. The first kappa shape index (κ1) is 15.2. The van der Waals surface area contributed by atoms with Crippen LogP contribution in [0.2, 0.25) is 0 Å². The summed E-state index contributed by atoms with van der Waals surface area (Å²) in [7, 11) is 0. The van der Waals surface area contributed by atoms with E-state index in [4.69, 9.17) is 0 Å². The number of nitrogens with one attached hydrogen (secondary N) is 1. The summed E-state index contributed by atoms with van der Waals surface area (Å²) in [4.78, 5) is 0. The van der Waals surface area contributed by atoms with Crippen LogP contribution in [0.5, 0.6) is 0 Å². The van der Waals surface area contributed by atoms with Crippen molar-refractivity contribution in [2.45, 2.75) is 52.3 Å². The molecule has 1 nitrogen and oxygen atoms in total. The summed E-state index contributed by atoms with van der Waals surface area (Å²) < 4.78 is 37.5. The highest BCUT2D eigenvalue weighted by atomic mass is 19.4. The standard InChI is InChI=1S/C16H22F3N/c1-11-10-15(2,3)9-8-14(11)20-13-6-4-12(5-7-13)16(17,18)19/h4-7,11,14,20H,8-10H2,1-3H3. The minimum atomic E-state index is -4.26. The molecule has 20 heavy (non-hydrogen) atoms. The lowest BCUT2D eigenvalue weighted by molar-refractivity contribution is -0.137. The largest absolute Gasteiger partial charge is 0.416 e. The monoisotopic (exact) mass is 285 g/mol. The fourth-order valence-corrected chi connectivity index (χ4v) is 3.13. The van der Waals surface area contributed by atoms with Crippen LogP contribution < -0.4 is 5.32 Å². The molecule has 4 heteroatoms. The first-order valence-corrected chi connectivity index (χ1v) is 7.11. The van der Waals surface area contributed by atoms with Gasteiger partial charge in [0.05, 0.1) is 5.56 Å². The summed E-state index contributed by atoms with van der Waals surface area (Å²) in [5.74, 6) is 0.529. The summed E-state index contributed by atoms with van der Waals surface area (Å²) in [6.45, 7) is 6.76. The second-order valence-electron chi connectivity index (χ2n) is 6.71. The minimum absolute atomic E-state index is 0.347. The van der Waals surface area contributed by atoms with Crippen molar-refractivity contribution in [3.8, 4) is 0 Å². The molecule has 2 unspecified atom stereocenters. The van der Waals surface area contributed by atoms with E-state index in [2.05, 4.69) is 26.1 Å². The number of rotatable bonds is 2. The van der Waals surface area contributed by atoms with Crippen molar-refractivity contribution in [1.82, 2.24) is 0 Å². The van der Waals surface area contributed by atoms with Crippen molar-refractivity contribution in [1.29, 1.82) is 0 Å². The molecule has 0 radical (unpaired) electrons. The third-order valence-electron chi connectivity index (χ3n) is 4.26. The summed E-state index contributed by atoms with van der Waals surface area (Å²) in [6.07, 6.45) is -0.906. The maximum atomic E-state index is 12.5. The quantitative estimate of drug-likeness (QED) is 0.774. The maximum Gasteiger partial charge on any atom is 0.416 e. The van der Waals surface area contributed by atoms with Gasteiger partial charge in [-0.05, 0) is 54.9 Å². The van der Waals surface area contributed by atoms with Crippen LogP contribution >= 0.6 is 0 Å². The molecule has 0 heterocycles. The smallest absolute Gasteiger partial charge is 0.382 e. The number of anilines is 1. The molecular formula is C16H22F3N. The Morgan fingerprint density at radius 2 is 1.75 bits per heavy atom. The van der Waals surface area contributed by atoms with Crippen molar-refractivity contribution < 1.29 is 13.2 Å². The topological polar surface area (TPSA) is 12.0 Å². The van der Waals surface area contributed by atoms with Crippen LogP contribution in [0.1, 0.15) is 45.6 Å². The zero-order valence-electron chi connectivity index (χ0n) is 12.2. The van der Waals surface area contributed by atoms with Crippen molar-refractivity contribution in [3.63, 3.8) is 0 Å². The molecule has 1 saturated carbocycles. The summed E-state index contributed by atoms with van der Waals surface area (Å²) in [5.41, 5.74) is 0.549. The van der Waals surface area contributed by atoms with Gasteiger partial charge in [0.2, 0.25) is 0 Å². The van der Waals surface area contributed by atoms with Crippen molar-refractivity contribution in [2.24, 2.45) is 11.3 Å². The Labute approximate surface area is 118 Å². The van der Waals surface area contributed by atoms with Crippen LogP contribution in [0.15, 0.2) is 24.3 Å². The highest BCUT2D eigenvalue weighted by Crippen LogP contribution is 2.39. The molecule has 2 atom stereocenters. The Morgan fingerprint density at radius 3 is 2.25 bits per heavy atom. The Bertz CT molecular complexity index is 448. The molecule has 112 valence electrons. The normalized spacial score (nSPS) is 26.3. The van der Waals surface area contributed by atoms with Gasteiger partial charge in [-0.15, -0.1) is 0 Å². The lowest BCUT2D eigenvalue weighted by atomic mass is 9.70. The molecule has 1 N–H and O–H groups in total. The molecule has 0 amide bonds. The van der Waals surface area contributed by atoms with E-state index >= 15 is 0 Å². The van der Waals surface area contributed by atoms with Crippen molar-refractivity contribution >= 4 is 5.69 Å². The van der Waals surface area contributed by atoms with E-state index < -0.39 is 11.7 Å². The van der Waals surface area contributed by atoms with Gasteiger partial charge in [0, 0.05) is 11.7 Å². The molecule has 0 bridgehead atoms. The fraction of sp³-hybridized carbons (Fsp3) is 0.625. The lowest BCUT2D eigenvalue weighted by Gasteiger charge is -2.40. The van der Waals surface area contributed by atoms with Crippen LogP contribution in [0, 0.1) is 11.3 Å². The molecule has 1 aromatic carbocycles. The first-order chi connectivity index (χ1) is 9.17. The summed E-state index contributed by atoms with van der Waals surface area (Å²) >= 11 is 0. The molecule has 1 fully saturated rings. The van der Waals surface area contributed by atoms with Gasteiger partial charge in [-0.3, -0.25) is 0 Å². The van der Waals surface area contributed by atoms with E-state index in [0.717, 1.165) is 37.1 Å². The molecule has 1 aromatic rings. The van der Waals surface area contributed by atoms with Crippen molar-refractivity contribution in [3.05, 3.63) is 29.8 Å². The van der Waals surface area contributed by atoms with Crippen LogP contribution in [0.3, 0.4) is 0 Å². The maximum absolute atomic E-state index is 12.5. The van der Waals surface area contributed by atoms with Crippen LogP contribution in [-0.2, 0) is 6.18 Å². The predicted octanol–water partition coefficient (Wildman–Crippen LogP) is 5.33. The van der Waals surface area contributed by atoms with Gasteiger partial charge >= 0.3 is 6.18 Å². The Kier molecular flexibility index (Phi) is 4.03. The van der Waals surface area contributed by atoms with Crippen LogP contribution in [0.25, 0.3) is 0 Å². The second kappa shape index (κ2) is 5.30. The highest BCUT2D eigenvalue weighted by Gasteiger charge is 2.33. The molecule has 0 aliphatic heterocycles. The Balaban J connectivity index is 2.01. The molecule has 0 saturated heterocycles. The Hall–Kier alpha value is -1.19. The van der Waals surface area contributed by atoms with Gasteiger partial charge in [0.1, 0.15) is 0 Å². The van der Waals surface area contributed by atoms with E-state index in [1.54, 1.807) is 0 Å². The summed E-state index contributed by atoms with van der Waals surface area (Å²) in [5, 5.41) is 3.38. The van der Waals surface area contributed by atoms with Gasteiger partial charge in [-0.2, -0.15) is 13.2 Å². The van der Waals surface area contributed by atoms with E-state index in [1.807, 2.05) is 0 Å². The molecule has 1 aliphatic rings. The average molecular weight is 285 g/mol. The van der Waals surface area contributed by atoms with E-state index in [9.17, 15) is 13.2 Å². The highest BCUT2D eigenvalue weighted by molar-refractivity contribution is 5.46. The molecule has 2 rings (SSSR count). The molecular weight excluding hydrogens is 263 g/mol. The second-order valence-corrected chi connectivity index (χ2v) is 6.71. The number of hydrogen-bond acceptors (Lipinski definition) is 1. The number of alkyl halides is 3. The molecule has 0 spiro atoms. The predicted molar refractivity (Wildman–Crippen MR) is 75.7 cm³/mol. The first-order valence-electron chi connectivity index (χ1n) is 7.11. The van der Waals surface area contributed by atoms with Crippen molar-refractivity contribution in [2.75, 3.05) is 5.32 Å². The number of benzene rings is 1. The summed E-state index contributed by atoms with van der Waals surface area (Å²) in [6, 6.07) is 5.67. The Morgan fingerprint density at radius 1 is 1.15 bits per heavy atom. The molecule has 0 aromatic heterocycles. The van der Waals surface area contributed by atoms with E-state index in [0.29, 0.717) is 17.4 Å². The fourth-order valence-electron chi connectivity index (χ4n) is 3.13. The van der Waals surface area contributed by atoms with Crippen LogP contribution in [0.4, 0.5) is 18.9 Å². The zero-order chi connectivity index (χ0) is 15.0. The number of hydrogen-bond donors (Lipinski definition) is 1. The van der Waals surface area contributed by atoms with Crippen LogP contribution in [-0.4, -0.2) is 6.04 Å². The van der Waals surface area contributed by atoms with Gasteiger partial charge < -0.3 is 5.32 Å². The van der Waals surface area contributed by atoms with Gasteiger partial charge in [0.25, 0.3) is 0 Å². The molecule has 1 aliphatic carbocycles. The van der Waals surface area contributed by atoms with E-state index in [1.165, 1.54) is 12.1 Å². The minimum Gasteiger partial charge on any atom is -0.382 e. The average Bonchev–Trinajstić information content (AvgIpc) is 2.32. The number of halogens is 3. The SMILES string of the molecule is CC1CC(C)(C)CCC1Nc1ccc(C(F)(F)F)cc1. The van der Waals surface area contributed by atoms with Gasteiger partial charge in [-0.1, -0.05) is 20.8 Å². The third-order valence-corrected chi connectivity index (χ3v) is 4.26. The van der Waals surface area contributed by atoms with Gasteiger partial charge in [0.15, 0.2) is 0 Å². The third kappa shape index (κ3) is 3.68. The van der Waals surface area contributed by atoms with Gasteiger partial charge in [-0.25, -0.2) is 0 Å². The van der Waals surface area contributed by atoms with E-state index in [-0.39, 0.29) is 0 Å².